The van der Waals surface area contributed by atoms with E-state index in [2.05, 4.69) is 12.2 Å². The van der Waals surface area contributed by atoms with Gasteiger partial charge in [-0.3, -0.25) is 19.3 Å². The summed E-state index contributed by atoms with van der Waals surface area (Å²) in [5.41, 5.74) is 2.87. The number of ether oxygens (including phenoxy) is 2. The van der Waals surface area contributed by atoms with Gasteiger partial charge in [0, 0.05) is 30.3 Å². The first kappa shape index (κ1) is 26.1. The molecule has 2 aliphatic rings. The molecule has 0 radical (unpaired) electrons. The monoisotopic (exact) mass is 533 g/mol. The fraction of sp³-hybridized carbons (Fsp3) is 0.345. The molecule has 2 aliphatic heterocycles. The molecule has 198 valence electrons. The number of carbonyl (C=O) groups excluding carboxylic acids is 3. The molecule has 1 atom stereocenters. The maximum absolute atomic E-state index is 13.1. The van der Waals surface area contributed by atoms with Crippen molar-refractivity contribution in [3.05, 3.63) is 70.8 Å². The molecular weight excluding hydrogens is 502 g/mol. The third-order valence-electron chi connectivity index (χ3n) is 6.75. The maximum atomic E-state index is 13.1. The van der Waals surface area contributed by atoms with Crippen LogP contribution < -0.4 is 10.1 Å². The quantitative estimate of drug-likeness (QED) is 0.383. The van der Waals surface area contributed by atoms with Crippen molar-refractivity contribution in [2.45, 2.75) is 38.8 Å². The zero-order chi connectivity index (χ0) is 26.5. The summed E-state index contributed by atoms with van der Waals surface area (Å²) in [7, 11) is 0. The molecule has 0 saturated carbocycles. The number of fused-ring (bicyclic) bond motifs is 1. The number of hydrogen-bond acceptors (Lipinski definition) is 6. The number of amides is 3. The van der Waals surface area contributed by atoms with Crippen LogP contribution in [0, 0.1) is 0 Å². The van der Waals surface area contributed by atoms with Crippen LogP contribution in [0.4, 0.5) is 4.79 Å². The Morgan fingerprint density at radius 3 is 2.79 bits per heavy atom. The molecule has 0 unspecified atom stereocenters. The van der Waals surface area contributed by atoms with Crippen LogP contribution in [-0.2, 0) is 27.3 Å². The Balaban J connectivity index is 1.33. The van der Waals surface area contributed by atoms with E-state index in [9.17, 15) is 14.4 Å². The van der Waals surface area contributed by atoms with Crippen molar-refractivity contribution in [3.8, 4) is 5.75 Å². The number of nitrogens with zero attached hydrogens (tertiary/aromatic N) is 2. The third-order valence-corrected chi connectivity index (χ3v) is 7.65. The summed E-state index contributed by atoms with van der Waals surface area (Å²) in [4.78, 5) is 40.1. The van der Waals surface area contributed by atoms with Gasteiger partial charge >= 0.3 is 0 Å². The minimum atomic E-state index is -0.335. The Morgan fingerprint density at radius 2 is 2.03 bits per heavy atom. The summed E-state index contributed by atoms with van der Waals surface area (Å²) in [5.74, 6) is 0.265. The molecule has 0 bridgehead atoms. The van der Waals surface area contributed by atoms with Gasteiger partial charge in [-0.25, -0.2) is 0 Å². The summed E-state index contributed by atoms with van der Waals surface area (Å²) in [6, 6.07) is 15.3. The van der Waals surface area contributed by atoms with E-state index in [0.717, 1.165) is 59.7 Å². The Labute approximate surface area is 226 Å². The van der Waals surface area contributed by atoms with Crippen molar-refractivity contribution in [1.29, 1.82) is 0 Å². The van der Waals surface area contributed by atoms with Crippen molar-refractivity contribution in [2.75, 3.05) is 26.3 Å². The standard InChI is InChI=1S/C29H31N3O5S/c1-2-20-8-6-12-24-21(18-31(27(20)24)19-26(33)30-17-23-11-7-14-36-23)16-25-28(34)32(29(35)38-25)13-15-37-22-9-4-3-5-10-22/h3-6,8-10,12,16,18,23H,2,7,11,13-15,17,19H2,1H3,(H,30,33)/b25-16-/t23-/m0/s1. The highest BCUT2D eigenvalue weighted by atomic mass is 32.2. The summed E-state index contributed by atoms with van der Waals surface area (Å²) >= 11 is 0.927. The first-order chi connectivity index (χ1) is 18.5. The van der Waals surface area contributed by atoms with E-state index >= 15 is 0 Å². The van der Waals surface area contributed by atoms with Crippen LogP contribution in [0.15, 0.2) is 59.6 Å². The zero-order valence-corrected chi connectivity index (χ0v) is 22.2. The lowest BCUT2D eigenvalue weighted by Crippen LogP contribution is -2.34. The van der Waals surface area contributed by atoms with Crippen LogP contribution in [0.3, 0.4) is 0 Å². The molecule has 0 spiro atoms. The SMILES string of the molecule is CCc1cccc2c(/C=C3\SC(=O)N(CCOc4ccccc4)C3=O)cn(CC(=O)NC[C@@H]3CCCO3)c12. The second kappa shape index (κ2) is 11.9. The van der Waals surface area contributed by atoms with Crippen LogP contribution in [0.2, 0.25) is 0 Å². The molecule has 1 aromatic heterocycles. The number of benzene rings is 2. The number of rotatable bonds is 10. The van der Waals surface area contributed by atoms with E-state index in [4.69, 9.17) is 9.47 Å². The molecule has 2 aromatic carbocycles. The molecule has 3 aromatic rings. The second-order valence-electron chi connectivity index (χ2n) is 9.31. The molecule has 1 N–H and O–H groups in total. The van der Waals surface area contributed by atoms with Gasteiger partial charge in [0.15, 0.2) is 0 Å². The second-order valence-corrected chi connectivity index (χ2v) is 10.3. The molecule has 9 heteroatoms. The summed E-state index contributed by atoms with van der Waals surface area (Å²) in [6.07, 6.45) is 6.52. The molecule has 3 amide bonds. The molecule has 8 nitrogen and oxygen atoms in total. The predicted octanol–water partition coefficient (Wildman–Crippen LogP) is 4.61. The van der Waals surface area contributed by atoms with E-state index < -0.39 is 0 Å². The van der Waals surface area contributed by atoms with Crippen molar-refractivity contribution in [2.24, 2.45) is 0 Å². The fourth-order valence-electron chi connectivity index (χ4n) is 4.84. The average Bonchev–Trinajstić information content (AvgIpc) is 3.64. The van der Waals surface area contributed by atoms with Crippen molar-refractivity contribution < 1.29 is 23.9 Å². The zero-order valence-electron chi connectivity index (χ0n) is 21.4. The predicted molar refractivity (Wildman–Crippen MR) is 148 cm³/mol. The number of carbonyl (C=O) groups is 3. The van der Waals surface area contributed by atoms with Gasteiger partial charge in [-0.05, 0) is 54.8 Å². The Bertz CT molecular complexity index is 1360. The number of hydrogen-bond donors (Lipinski definition) is 1. The molecule has 0 aliphatic carbocycles. The third kappa shape index (κ3) is 5.79. The Hall–Kier alpha value is -3.56. The van der Waals surface area contributed by atoms with Gasteiger partial charge in [0.2, 0.25) is 5.91 Å². The van der Waals surface area contributed by atoms with Gasteiger partial charge in [-0.2, -0.15) is 0 Å². The van der Waals surface area contributed by atoms with Crippen molar-refractivity contribution >= 4 is 45.8 Å². The van der Waals surface area contributed by atoms with Crippen LogP contribution in [0.25, 0.3) is 17.0 Å². The number of aromatic nitrogens is 1. The minimum absolute atomic E-state index is 0.0795. The fourth-order valence-corrected chi connectivity index (χ4v) is 5.70. The topological polar surface area (TPSA) is 89.9 Å². The van der Waals surface area contributed by atoms with Gasteiger partial charge in [0.1, 0.15) is 18.9 Å². The number of para-hydroxylation sites is 2. The van der Waals surface area contributed by atoms with E-state index in [0.29, 0.717) is 17.2 Å². The minimum Gasteiger partial charge on any atom is -0.492 e. The van der Waals surface area contributed by atoms with Crippen LogP contribution >= 0.6 is 11.8 Å². The smallest absolute Gasteiger partial charge is 0.293 e. The van der Waals surface area contributed by atoms with Crippen LogP contribution in [0.5, 0.6) is 5.75 Å². The lowest BCUT2D eigenvalue weighted by Gasteiger charge is -2.13. The molecule has 3 heterocycles. The summed E-state index contributed by atoms with van der Waals surface area (Å²) in [6.45, 7) is 3.88. The highest BCUT2D eigenvalue weighted by Gasteiger charge is 2.35. The molecule has 5 rings (SSSR count). The highest BCUT2D eigenvalue weighted by molar-refractivity contribution is 8.18. The lowest BCUT2D eigenvalue weighted by molar-refractivity contribution is -0.123. The maximum Gasteiger partial charge on any atom is 0.293 e. The Morgan fingerprint density at radius 1 is 1.18 bits per heavy atom. The summed E-state index contributed by atoms with van der Waals surface area (Å²) < 4.78 is 13.2. The van der Waals surface area contributed by atoms with Crippen LogP contribution in [0.1, 0.15) is 30.9 Å². The molecule has 38 heavy (non-hydrogen) atoms. The Kier molecular flexibility index (Phi) is 8.14. The largest absolute Gasteiger partial charge is 0.492 e. The normalized spacial score (nSPS) is 18.6. The average molecular weight is 534 g/mol. The van der Waals surface area contributed by atoms with Gasteiger partial charge in [0.05, 0.1) is 23.1 Å². The first-order valence-electron chi connectivity index (χ1n) is 13.0. The van der Waals surface area contributed by atoms with E-state index in [-0.39, 0.29) is 42.9 Å². The van der Waals surface area contributed by atoms with Crippen LogP contribution in [-0.4, -0.2) is 58.9 Å². The first-order valence-corrected chi connectivity index (χ1v) is 13.8. The van der Waals surface area contributed by atoms with Gasteiger partial charge in [-0.1, -0.05) is 43.3 Å². The molecular formula is C29H31N3O5S. The van der Waals surface area contributed by atoms with Gasteiger partial charge in [-0.15, -0.1) is 0 Å². The highest BCUT2D eigenvalue weighted by Crippen LogP contribution is 2.35. The van der Waals surface area contributed by atoms with E-state index in [1.165, 1.54) is 4.90 Å². The number of nitrogens with one attached hydrogen (secondary N) is 1. The van der Waals surface area contributed by atoms with Gasteiger partial charge in [0.25, 0.3) is 11.1 Å². The lowest BCUT2D eigenvalue weighted by atomic mass is 10.1. The number of aryl methyl sites for hydroxylation is 1. The van der Waals surface area contributed by atoms with E-state index in [1.807, 2.05) is 59.3 Å². The molecule has 2 saturated heterocycles. The van der Waals surface area contributed by atoms with Crippen molar-refractivity contribution in [1.82, 2.24) is 14.8 Å². The number of thioether (sulfide) groups is 1. The van der Waals surface area contributed by atoms with Gasteiger partial charge < -0.3 is 19.4 Å². The van der Waals surface area contributed by atoms with Crippen molar-refractivity contribution in [3.63, 3.8) is 0 Å². The van der Waals surface area contributed by atoms with E-state index in [1.54, 1.807) is 6.08 Å². The molecule has 2 fully saturated rings. The number of imide groups is 1. The summed E-state index contributed by atoms with van der Waals surface area (Å²) in [5, 5.41) is 3.61.